The smallest absolute Gasteiger partial charge is 0.352 e. The van der Waals surface area contributed by atoms with Crippen LogP contribution in [0, 0.1) is 17.1 Å². The summed E-state index contributed by atoms with van der Waals surface area (Å²) in [6.07, 6.45) is -13.5. The second kappa shape index (κ2) is 10.2. The Morgan fingerprint density at radius 1 is 0.921 bits per heavy atom. The van der Waals surface area contributed by atoms with Crippen LogP contribution in [0.2, 0.25) is 0 Å². The molecule has 1 fully saturated rings. The number of amides is 1. The van der Waals surface area contributed by atoms with Gasteiger partial charge in [0, 0.05) is 11.6 Å². The van der Waals surface area contributed by atoms with Gasteiger partial charge in [0.05, 0.1) is 11.0 Å². The fourth-order valence-corrected chi connectivity index (χ4v) is 6.79. The van der Waals surface area contributed by atoms with Crippen LogP contribution < -0.4 is 5.32 Å². The van der Waals surface area contributed by atoms with Crippen LogP contribution in [0.1, 0.15) is 43.2 Å². The highest BCUT2D eigenvalue weighted by atomic mass is 32.2. The number of sulfone groups is 1. The molecule has 206 valence electrons. The van der Waals surface area contributed by atoms with Gasteiger partial charge in [-0.05, 0) is 55.5 Å². The molecule has 38 heavy (non-hydrogen) atoms. The summed E-state index contributed by atoms with van der Waals surface area (Å²) in [7, 11) is -4.43. The average Bonchev–Trinajstić information content (AvgIpc) is 2.83. The van der Waals surface area contributed by atoms with Crippen molar-refractivity contribution >= 4 is 15.7 Å². The summed E-state index contributed by atoms with van der Waals surface area (Å²) >= 11 is 0. The number of nitriles is 1. The van der Waals surface area contributed by atoms with E-state index >= 15 is 0 Å². The lowest BCUT2D eigenvalue weighted by Gasteiger charge is -2.40. The Balaban J connectivity index is 2.09. The van der Waals surface area contributed by atoms with Crippen molar-refractivity contribution in [2.75, 3.05) is 0 Å². The van der Waals surface area contributed by atoms with Gasteiger partial charge in [0.1, 0.15) is 17.0 Å². The molecule has 1 saturated carbocycles. The fraction of sp³-hybridized carbons (Fsp3) is 0.417. The van der Waals surface area contributed by atoms with Crippen LogP contribution in [0.5, 0.6) is 0 Å². The molecule has 0 aliphatic heterocycles. The molecular formula is C24H20F8N2O3S. The maximum atomic E-state index is 14.5. The third-order valence-corrected chi connectivity index (χ3v) is 9.19. The lowest BCUT2D eigenvalue weighted by molar-refractivity contribution is -0.348. The van der Waals surface area contributed by atoms with E-state index < -0.39 is 62.4 Å². The number of benzene rings is 2. The Kier molecular flexibility index (Phi) is 7.85. The predicted octanol–water partition coefficient (Wildman–Crippen LogP) is 5.76. The number of nitrogens with zero attached hydrogens (tertiary/aromatic N) is 1. The zero-order valence-corrected chi connectivity index (χ0v) is 20.2. The van der Waals surface area contributed by atoms with Gasteiger partial charge in [0.15, 0.2) is 9.84 Å². The molecule has 1 aliphatic rings. The minimum absolute atomic E-state index is 0.0253. The fourth-order valence-electron chi connectivity index (χ4n) is 4.62. The van der Waals surface area contributed by atoms with Gasteiger partial charge in [-0.2, -0.15) is 31.6 Å². The van der Waals surface area contributed by atoms with Crippen molar-refractivity contribution in [1.29, 1.82) is 5.26 Å². The number of alkyl halides is 7. The number of carbonyl (C=O) groups is 1. The number of hydrogen-bond donors (Lipinski definition) is 1. The maximum absolute atomic E-state index is 14.5. The van der Waals surface area contributed by atoms with Crippen LogP contribution in [0.15, 0.2) is 53.4 Å². The van der Waals surface area contributed by atoms with E-state index in [-0.39, 0.29) is 48.3 Å². The highest BCUT2D eigenvalue weighted by Gasteiger charge is 2.73. The molecule has 1 aliphatic carbocycles. The molecule has 3 rings (SSSR count). The van der Waals surface area contributed by atoms with Crippen LogP contribution in [0.4, 0.5) is 35.1 Å². The topological polar surface area (TPSA) is 87.0 Å². The highest BCUT2D eigenvalue weighted by Crippen LogP contribution is 2.54. The summed E-state index contributed by atoms with van der Waals surface area (Å²) in [4.78, 5) is 11.4. The molecular weight excluding hydrogens is 548 g/mol. The zero-order chi connectivity index (χ0) is 28.6. The Bertz CT molecular complexity index is 1290. The van der Waals surface area contributed by atoms with E-state index in [0.717, 1.165) is 24.3 Å². The molecule has 1 amide bonds. The molecule has 5 nitrogen and oxygen atoms in total. The van der Waals surface area contributed by atoms with E-state index in [0.29, 0.717) is 12.1 Å². The summed E-state index contributed by atoms with van der Waals surface area (Å²) < 4.78 is 133. The molecule has 0 spiro atoms. The molecule has 0 radical (unpaired) electrons. The van der Waals surface area contributed by atoms with Crippen molar-refractivity contribution in [3.63, 3.8) is 0 Å². The SMILES string of the molecule is N#CCC(=O)NC1CCC(c2ccc(C(F)(C(F)(F)F)C(F)(F)F)cc2)(S(=O)(=O)c2ccc(F)cc2)CC1. The van der Waals surface area contributed by atoms with Gasteiger partial charge in [-0.1, -0.05) is 24.3 Å². The van der Waals surface area contributed by atoms with E-state index in [9.17, 15) is 48.3 Å². The molecule has 0 aromatic heterocycles. The van der Waals surface area contributed by atoms with Gasteiger partial charge < -0.3 is 5.32 Å². The molecule has 14 heteroatoms. The van der Waals surface area contributed by atoms with Gasteiger partial charge in [0.2, 0.25) is 5.91 Å². The molecule has 0 bridgehead atoms. The number of halogens is 8. The lowest BCUT2D eigenvalue weighted by Crippen LogP contribution is -2.50. The monoisotopic (exact) mass is 568 g/mol. The van der Waals surface area contributed by atoms with E-state index in [1.165, 1.54) is 0 Å². The second-order valence-corrected chi connectivity index (χ2v) is 11.1. The molecule has 2 aromatic rings. The van der Waals surface area contributed by atoms with Crippen molar-refractivity contribution < 1.29 is 48.3 Å². The molecule has 2 aromatic carbocycles. The normalized spacial score (nSPS) is 21.0. The Morgan fingerprint density at radius 2 is 1.42 bits per heavy atom. The van der Waals surface area contributed by atoms with E-state index in [1.54, 1.807) is 6.07 Å². The van der Waals surface area contributed by atoms with E-state index in [2.05, 4.69) is 5.32 Å². The van der Waals surface area contributed by atoms with Crippen molar-refractivity contribution in [2.45, 2.75) is 65.8 Å². The molecule has 0 heterocycles. The summed E-state index contributed by atoms with van der Waals surface area (Å²) in [6, 6.07) is 6.71. The Morgan fingerprint density at radius 3 is 1.87 bits per heavy atom. The van der Waals surface area contributed by atoms with Gasteiger partial charge in [-0.15, -0.1) is 0 Å². The number of rotatable bonds is 6. The lowest BCUT2D eigenvalue weighted by atomic mass is 9.80. The first-order chi connectivity index (χ1) is 17.5. The first-order valence-electron chi connectivity index (χ1n) is 11.1. The number of hydrogen-bond acceptors (Lipinski definition) is 4. The number of nitrogens with one attached hydrogen (secondary N) is 1. The van der Waals surface area contributed by atoms with Crippen molar-refractivity contribution in [2.24, 2.45) is 0 Å². The van der Waals surface area contributed by atoms with Gasteiger partial charge >= 0.3 is 18.0 Å². The first kappa shape index (κ1) is 29.3. The van der Waals surface area contributed by atoms with Crippen molar-refractivity contribution in [1.82, 2.24) is 5.32 Å². The summed E-state index contributed by atoms with van der Waals surface area (Å²) in [6.45, 7) is 0. The van der Waals surface area contributed by atoms with Crippen LogP contribution in [0.3, 0.4) is 0 Å². The quantitative estimate of drug-likeness (QED) is 0.355. The maximum Gasteiger partial charge on any atom is 0.435 e. The predicted molar refractivity (Wildman–Crippen MR) is 117 cm³/mol. The van der Waals surface area contributed by atoms with Crippen molar-refractivity contribution in [3.8, 4) is 6.07 Å². The van der Waals surface area contributed by atoms with Crippen molar-refractivity contribution in [3.05, 3.63) is 65.5 Å². The summed E-state index contributed by atoms with van der Waals surface area (Å²) in [5, 5.41) is 11.2. The van der Waals surface area contributed by atoms with Gasteiger partial charge in [0.25, 0.3) is 0 Å². The molecule has 0 unspecified atom stereocenters. The van der Waals surface area contributed by atoms with Gasteiger partial charge in [-0.25, -0.2) is 17.2 Å². The van der Waals surface area contributed by atoms with Crippen LogP contribution >= 0.6 is 0 Å². The Hall–Kier alpha value is -3.21. The minimum Gasteiger partial charge on any atom is -0.352 e. The largest absolute Gasteiger partial charge is 0.435 e. The number of carbonyl (C=O) groups excluding carboxylic acids is 1. The zero-order valence-electron chi connectivity index (χ0n) is 19.3. The second-order valence-electron chi connectivity index (χ2n) is 8.86. The molecule has 1 N–H and O–H groups in total. The minimum atomic E-state index is -6.34. The third-order valence-electron chi connectivity index (χ3n) is 6.63. The molecule has 0 saturated heterocycles. The summed E-state index contributed by atoms with van der Waals surface area (Å²) in [5.74, 6) is -1.35. The van der Waals surface area contributed by atoms with E-state index in [1.807, 2.05) is 0 Å². The average molecular weight is 568 g/mol. The third kappa shape index (κ3) is 5.08. The van der Waals surface area contributed by atoms with Gasteiger partial charge in [-0.3, -0.25) is 4.79 Å². The van der Waals surface area contributed by atoms with Crippen LogP contribution in [-0.4, -0.2) is 32.7 Å². The highest BCUT2D eigenvalue weighted by molar-refractivity contribution is 7.92. The Labute approximate surface area is 212 Å². The standard InChI is InChI=1S/C24H20F8N2O3S/c25-17-5-7-19(8-6-17)38(36,37)21(12-9-18(10-13-21)34-20(35)11-14-33)15-1-3-16(4-2-15)22(26,23(27,28)29)24(30,31)32/h1-8,18H,9-13H2,(H,34,35). The first-order valence-corrected chi connectivity index (χ1v) is 12.6. The molecule has 0 atom stereocenters. The van der Waals surface area contributed by atoms with Crippen LogP contribution in [-0.2, 0) is 25.0 Å². The van der Waals surface area contributed by atoms with Crippen LogP contribution in [0.25, 0.3) is 0 Å². The van der Waals surface area contributed by atoms with E-state index in [4.69, 9.17) is 5.26 Å². The summed E-state index contributed by atoms with van der Waals surface area (Å²) in [5.41, 5.74) is -7.66.